The summed E-state index contributed by atoms with van der Waals surface area (Å²) in [6.07, 6.45) is 1.70. The highest BCUT2D eigenvalue weighted by atomic mass is 19.1. The van der Waals surface area contributed by atoms with Crippen molar-refractivity contribution in [2.75, 3.05) is 33.4 Å². The summed E-state index contributed by atoms with van der Waals surface area (Å²) >= 11 is 0. The van der Waals surface area contributed by atoms with E-state index < -0.39 is 11.9 Å². The van der Waals surface area contributed by atoms with Crippen LogP contribution in [0, 0.1) is 18.7 Å². The Morgan fingerprint density at radius 2 is 1.76 bits per heavy atom. The van der Waals surface area contributed by atoms with Gasteiger partial charge in [-0.05, 0) is 56.4 Å². The molecule has 1 fully saturated rings. The summed E-state index contributed by atoms with van der Waals surface area (Å²) in [7, 11) is 1.60. The van der Waals surface area contributed by atoms with Gasteiger partial charge in [0.05, 0.1) is 5.56 Å². The summed E-state index contributed by atoms with van der Waals surface area (Å²) in [5, 5.41) is 5.79. The monoisotopic (exact) mass is 469 g/mol. The largest absolute Gasteiger partial charge is 0.385 e. The molecule has 3 amide bonds. The van der Waals surface area contributed by atoms with Crippen LogP contribution in [0.3, 0.4) is 0 Å². The standard InChI is InChI=1S/C26H32FN3O4/c1-18-8-10-20(11-9-18)24(31)29-23(25(32)28-14-5-17-34-2)19-12-15-30(16-13-19)26(33)21-6-3-4-7-22(21)27/h3-4,6-11,19,23H,5,12-17H2,1-2H3,(H,28,32)(H,29,31). The van der Waals surface area contributed by atoms with Crippen LogP contribution in [0.5, 0.6) is 0 Å². The van der Waals surface area contributed by atoms with Crippen LogP contribution in [-0.2, 0) is 9.53 Å². The van der Waals surface area contributed by atoms with Gasteiger partial charge in [0.1, 0.15) is 11.9 Å². The molecule has 2 N–H and O–H groups in total. The van der Waals surface area contributed by atoms with Crippen molar-refractivity contribution in [1.82, 2.24) is 15.5 Å². The van der Waals surface area contributed by atoms with Crippen LogP contribution in [0.15, 0.2) is 48.5 Å². The third kappa shape index (κ3) is 6.63. The number of aryl methyl sites for hydroxylation is 1. The predicted molar refractivity (Wildman–Crippen MR) is 127 cm³/mol. The highest BCUT2D eigenvalue weighted by Gasteiger charge is 2.34. The maximum Gasteiger partial charge on any atom is 0.256 e. The third-order valence-electron chi connectivity index (χ3n) is 6.11. The lowest BCUT2D eigenvalue weighted by Crippen LogP contribution is -2.54. The van der Waals surface area contributed by atoms with Gasteiger partial charge in [0, 0.05) is 38.9 Å². The van der Waals surface area contributed by atoms with Gasteiger partial charge in [-0.1, -0.05) is 29.8 Å². The van der Waals surface area contributed by atoms with Crippen LogP contribution < -0.4 is 10.6 Å². The SMILES string of the molecule is COCCCNC(=O)C(NC(=O)c1ccc(C)cc1)C1CCN(C(=O)c2ccccc2F)CC1. The van der Waals surface area contributed by atoms with Crippen molar-refractivity contribution >= 4 is 17.7 Å². The number of piperidine rings is 1. The summed E-state index contributed by atoms with van der Waals surface area (Å²) in [4.78, 5) is 40.2. The number of nitrogens with zero attached hydrogens (tertiary/aromatic N) is 1. The molecule has 34 heavy (non-hydrogen) atoms. The van der Waals surface area contributed by atoms with Gasteiger partial charge in [0.15, 0.2) is 0 Å². The van der Waals surface area contributed by atoms with E-state index in [1.807, 2.05) is 19.1 Å². The number of benzene rings is 2. The molecular weight excluding hydrogens is 437 g/mol. The van der Waals surface area contributed by atoms with Crippen molar-refractivity contribution in [3.05, 3.63) is 71.0 Å². The lowest BCUT2D eigenvalue weighted by Gasteiger charge is -2.36. The number of likely N-dealkylation sites (tertiary alicyclic amines) is 1. The first-order valence-corrected chi connectivity index (χ1v) is 11.6. The molecule has 1 heterocycles. The molecule has 0 radical (unpaired) electrons. The lowest BCUT2D eigenvalue weighted by molar-refractivity contribution is -0.124. The molecular formula is C26H32FN3O4. The molecule has 1 saturated heterocycles. The van der Waals surface area contributed by atoms with E-state index in [4.69, 9.17) is 4.74 Å². The van der Waals surface area contributed by atoms with Crippen LogP contribution in [0.2, 0.25) is 0 Å². The van der Waals surface area contributed by atoms with E-state index >= 15 is 0 Å². The maximum atomic E-state index is 14.1. The van der Waals surface area contributed by atoms with Crippen molar-refractivity contribution in [1.29, 1.82) is 0 Å². The van der Waals surface area contributed by atoms with E-state index in [2.05, 4.69) is 10.6 Å². The van der Waals surface area contributed by atoms with E-state index in [1.165, 1.54) is 12.1 Å². The zero-order valence-corrected chi connectivity index (χ0v) is 19.7. The number of carbonyl (C=O) groups is 3. The topological polar surface area (TPSA) is 87.7 Å². The Bertz CT molecular complexity index is 988. The van der Waals surface area contributed by atoms with Crippen molar-refractivity contribution in [2.24, 2.45) is 5.92 Å². The zero-order valence-electron chi connectivity index (χ0n) is 19.7. The van der Waals surface area contributed by atoms with E-state index in [0.29, 0.717) is 51.1 Å². The molecule has 3 rings (SSSR count). The molecule has 0 bridgehead atoms. The molecule has 1 aliphatic heterocycles. The van der Waals surface area contributed by atoms with Crippen LogP contribution in [0.25, 0.3) is 0 Å². The molecule has 1 aliphatic rings. The molecule has 0 spiro atoms. The first-order valence-electron chi connectivity index (χ1n) is 11.6. The zero-order chi connectivity index (χ0) is 24.5. The first-order chi connectivity index (χ1) is 16.4. The van der Waals surface area contributed by atoms with Crippen LogP contribution in [0.1, 0.15) is 45.5 Å². The molecule has 182 valence electrons. The summed E-state index contributed by atoms with van der Waals surface area (Å²) in [6.45, 7) is 3.66. The molecule has 8 heteroatoms. The van der Waals surface area contributed by atoms with Gasteiger partial charge in [-0.3, -0.25) is 14.4 Å². The third-order valence-corrected chi connectivity index (χ3v) is 6.11. The lowest BCUT2D eigenvalue weighted by atomic mass is 9.88. The van der Waals surface area contributed by atoms with Gasteiger partial charge in [0.25, 0.3) is 11.8 Å². The Kier molecular flexibility index (Phi) is 9.16. The number of hydrogen-bond donors (Lipinski definition) is 2. The normalized spacial score (nSPS) is 15.0. The number of hydrogen-bond acceptors (Lipinski definition) is 4. The molecule has 2 aromatic rings. The Labute approximate surface area is 199 Å². The van der Waals surface area contributed by atoms with Crippen LogP contribution in [0.4, 0.5) is 4.39 Å². The predicted octanol–water partition coefficient (Wildman–Crippen LogP) is 2.94. The highest BCUT2D eigenvalue weighted by Crippen LogP contribution is 2.23. The minimum Gasteiger partial charge on any atom is -0.385 e. The van der Waals surface area contributed by atoms with Gasteiger partial charge in [-0.25, -0.2) is 4.39 Å². The summed E-state index contributed by atoms with van der Waals surface area (Å²) in [5.74, 6) is -1.63. The minimum absolute atomic E-state index is 0.0426. The summed E-state index contributed by atoms with van der Waals surface area (Å²) < 4.78 is 19.1. The van der Waals surface area contributed by atoms with Gasteiger partial charge >= 0.3 is 0 Å². The van der Waals surface area contributed by atoms with E-state index in [-0.39, 0.29) is 29.2 Å². The van der Waals surface area contributed by atoms with Crippen molar-refractivity contribution in [2.45, 2.75) is 32.2 Å². The Morgan fingerprint density at radius 1 is 1.09 bits per heavy atom. The van der Waals surface area contributed by atoms with Crippen LogP contribution >= 0.6 is 0 Å². The number of amides is 3. The second-order valence-corrected chi connectivity index (χ2v) is 8.56. The summed E-state index contributed by atoms with van der Waals surface area (Å²) in [6, 6.07) is 12.3. The molecule has 0 aliphatic carbocycles. The Balaban J connectivity index is 1.67. The molecule has 0 aromatic heterocycles. The number of methoxy groups -OCH3 is 1. The average Bonchev–Trinajstić information content (AvgIpc) is 2.85. The number of carbonyl (C=O) groups excluding carboxylic acids is 3. The fourth-order valence-corrected chi connectivity index (χ4v) is 4.11. The van der Waals surface area contributed by atoms with Crippen molar-refractivity contribution < 1.29 is 23.5 Å². The van der Waals surface area contributed by atoms with E-state index in [1.54, 1.807) is 36.3 Å². The average molecular weight is 470 g/mol. The van der Waals surface area contributed by atoms with E-state index in [0.717, 1.165) is 5.56 Å². The van der Waals surface area contributed by atoms with Gasteiger partial charge in [-0.2, -0.15) is 0 Å². The molecule has 0 saturated carbocycles. The number of nitrogens with one attached hydrogen (secondary N) is 2. The van der Waals surface area contributed by atoms with E-state index in [9.17, 15) is 18.8 Å². The van der Waals surface area contributed by atoms with Gasteiger partial charge < -0.3 is 20.3 Å². The number of rotatable bonds is 9. The van der Waals surface area contributed by atoms with Crippen molar-refractivity contribution in [3.63, 3.8) is 0 Å². The van der Waals surface area contributed by atoms with Gasteiger partial charge in [0.2, 0.25) is 5.91 Å². The quantitative estimate of drug-likeness (QED) is 0.553. The first kappa shape index (κ1) is 25.4. The minimum atomic E-state index is -0.734. The Morgan fingerprint density at radius 3 is 2.41 bits per heavy atom. The second-order valence-electron chi connectivity index (χ2n) is 8.56. The molecule has 7 nitrogen and oxygen atoms in total. The van der Waals surface area contributed by atoms with Gasteiger partial charge in [-0.15, -0.1) is 0 Å². The number of ether oxygens (including phenoxy) is 1. The molecule has 2 aromatic carbocycles. The Hall–Kier alpha value is -3.26. The highest BCUT2D eigenvalue weighted by molar-refractivity contribution is 5.98. The number of halogens is 1. The fourth-order valence-electron chi connectivity index (χ4n) is 4.11. The molecule has 1 atom stereocenters. The molecule has 1 unspecified atom stereocenters. The smallest absolute Gasteiger partial charge is 0.256 e. The summed E-state index contributed by atoms with van der Waals surface area (Å²) in [5.41, 5.74) is 1.56. The van der Waals surface area contributed by atoms with Crippen LogP contribution in [-0.4, -0.2) is 62.0 Å². The fraction of sp³-hybridized carbons (Fsp3) is 0.423. The maximum absolute atomic E-state index is 14.1. The second kappa shape index (κ2) is 12.3. The van der Waals surface area contributed by atoms with Crippen molar-refractivity contribution in [3.8, 4) is 0 Å².